The van der Waals surface area contributed by atoms with Crippen molar-refractivity contribution in [3.63, 3.8) is 0 Å². The smallest absolute Gasteiger partial charge is 0.174 e. The van der Waals surface area contributed by atoms with Gasteiger partial charge in [-0.3, -0.25) is 0 Å². The number of benzene rings is 1. The summed E-state index contributed by atoms with van der Waals surface area (Å²) >= 11 is 0. The highest BCUT2D eigenvalue weighted by Crippen LogP contribution is 2.12. The quantitative estimate of drug-likeness (QED) is 0.790. The van der Waals surface area contributed by atoms with E-state index in [1.807, 2.05) is 30.3 Å². The second-order valence-corrected chi connectivity index (χ2v) is 5.50. The van der Waals surface area contributed by atoms with Crippen LogP contribution in [0.2, 0.25) is 0 Å². The third-order valence-corrected chi connectivity index (χ3v) is 3.34. The van der Waals surface area contributed by atoms with E-state index in [2.05, 4.69) is 38.2 Å². The molecule has 1 rings (SSSR count). The highest BCUT2D eigenvalue weighted by Gasteiger charge is 2.14. The molecular weight excluding hydrogens is 250 g/mol. The first-order valence-electron chi connectivity index (χ1n) is 7.00. The van der Waals surface area contributed by atoms with Crippen LogP contribution in [0.3, 0.4) is 0 Å². The maximum Gasteiger partial charge on any atom is 0.174 e. The molecule has 0 bridgehead atoms. The van der Waals surface area contributed by atoms with E-state index in [0.29, 0.717) is 12.0 Å². The number of hydrogen-bond donors (Lipinski definition) is 1. The first kappa shape index (κ1) is 16.5. The summed E-state index contributed by atoms with van der Waals surface area (Å²) in [6.07, 6.45) is 0. The van der Waals surface area contributed by atoms with Crippen molar-refractivity contribution in [1.29, 1.82) is 5.26 Å². The molecule has 20 heavy (non-hydrogen) atoms. The second-order valence-electron chi connectivity index (χ2n) is 5.50. The number of hydrogen-bond acceptors (Lipinski definition) is 4. The van der Waals surface area contributed by atoms with Crippen LogP contribution in [0.25, 0.3) is 0 Å². The molecule has 0 saturated carbocycles. The molecule has 0 amide bonds. The number of ether oxygens (including phenoxy) is 1. The molecule has 1 N–H and O–H groups in total. The molecule has 0 saturated heterocycles. The fourth-order valence-corrected chi connectivity index (χ4v) is 2.20. The lowest BCUT2D eigenvalue weighted by atomic mass is 10.0. The third kappa shape index (κ3) is 5.60. The summed E-state index contributed by atoms with van der Waals surface area (Å²) in [5.41, 5.74) is 1.22. The Hall–Kier alpha value is -1.57. The molecule has 4 heteroatoms. The van der Waals surface area contributed by atoms with Crippen LogP contribution in [-0.2, 0) is 6.54 Å². The van der Waals surface area contributed by atoms with E-state index in [1.165, 1.54) is 5.56 Å². The molecule has 0 fully saturated rings. The van der Waals surface area contributed by atoms with Gasteiger partial charge in [0.1, 0.15) is 11.8 Å². The molecule has 0 aliphatic heterocycles. The summed E-state index contributed by atoms with van der Waals surface area (Å²) in [7, 11) is 4.24. The normalized spacial score (nSPS) is 12.4. The van der Waals surface area contributed by atoms with E-state index >= 15 is 0 Å². The predicted octanol–water partition coefficient (Wildman–Crippen LogP) is 2.26. The van der Waals surface area contributed by atoms with Crippen LogP contribution in [0.15, 0.2) is 24.3 Å². The van der Waals surface area contributed by atoms with E-state index in [1.54, 1.807) is 0 Å². The van der Waals surface area contributed by atoms with Crippen molar-refractivity contribution in [2.24, 2.45) is 5.92 Å². The van der Waals surface area contributed by atoms with Gasteiger partial charge in [0.15, 0.2) is 6.61 Å². The molecule has 0 aromatic heterocycles. The van der Waals surface area contributed by atoms with Gasteiger partial charge in [-0.1, -0.05) is 26.0 Å². The highest BCUT2D eigenvalue weighted by atomic mass is 16.5. The summed E-state index contributed by atoms with van der Waals surface area (Å²) in [6.45, 7) is 6.39. The molecule has 0 radical (unpaired) electrons. The molecular formula is C16H25N3O. The van der Waals surface area contributed by atoms with Gasteiger partial charge in [-0.05, 0) is 37.7 Å². The van der Waals surface area contributed by atoms with Crippen LogP contribution < -0.4 is 10.1 Å². The van der Waals surface area contributed by atoms with Crippen LogP contribution in [-0.4, -0.2) is 38.2 Å². The molecule has 1 unspecified atom stereocenters. The summed E-state index contributed by atoms with van der Waals surface area (Å²) < 4.78 is 5.23. The van der Waals surface area contributed by atoms with Crippen molar-refractivity contribution in [2.45, 2.75) is 26.4 Å². The molecule has 4 nitrogen and oxygen atoms in total. The summed E-state index contributed by atoms with van der Waals surface area (Å²) in [4.78, 5) is 2.26. The Kier molecular flexibility index (Phi) is 7.06. The van der Waals surface area contributed by atoms with Gasteiger partial charge in [-0.25, -0.2) is 0 Å². The maximum absolute atomic E-state index is 8.45. The van der Waals surface area contributed by atoms with Crippen molar-refractivity contribution in [3.05, 3.63) is 29.8 Å². The number of likely N-dealkylation sites (N-methyl/N-ethyl adjacent to an activating group) is 1. The lowest BCUT2D eigenvalue weighted by Gasteiger charge is -2.28. The number of nitrogens with zero attached hydrogens (tertiary/aromatic N) is 2. The lowest BCUT2D eigenvalue weighted by molar-refractivity contribution is 0.224. The molecule has 110 valence electrons. The fraction of sp³-hybridized carbons (Fsp3) is 0.562. The van der Waals surface area contributed by atoms with Gasteiger partial charge < -0.3 is 15.0 Å². The second kappa shape index (κ2) is 8.57. The first-order valence-corrected chi connectivity index (χ1v) is 7.00. The van der Waals surface area contributed by atoms with Gasteiger partial charge in [0, 0.05) is 19.1 Å². The van der Waals surface area contributed by atoms with E-state index in [9.17, 15) is 0 Å². The Morgan fingerprint density at radius 3 is 2.40 bits per heavy atom. The average molecular weight is 275 g/mol. The van der Waals surface area contributed by atoms with Crippen LogP contribution in [0.5, 0.6) is 5.75 Å². The van der Waals surface area contributed by atoms with Gasteiger partial charge in [0.2, 0.25) is 0 Å². The van der Waals surface area contributed by atoms with Gasteiger partial charge >= 0.3 is 0 Å². The Morgan fingerprint density at radius 2 is 1.90 bits per heavy atom. The van der Waals surface area contributed by atoms with Crippen LogP contribution in [0.1, 0.15) is 19.4 Å². The minimum Gasteiger partial charge on any atom is -0.479 e. The van der Waals surface area contributed by atoms with Crippen LogP contribution in [0.4, 0.5) is 0 Å². The Balaban J connectivity index is 2.40. The number of nitriles is 1. The van der Waals surface area contributed by atoms with Crippen molar-refractivity contribution in [1.82, 2.24) is 10.2 Å². The van der Waals surface area contributed by atoms with Crippen molar-refractivity contribution in [2.75, 3.05) is 27.2 Å². The van der Waals surface area contributed by atoms with Crippen molar-refractivity contribution in [3.8, 4) is 11.8 Å². The molecule has 0 heterocycles. The third-order valence-electron chi connectivity index (χ3n) is 3.34. The SMILES string of the molecule is CC(C)C(CNCc1ccc(OCC#N)cc1)N(C)C. The summed E-state index contributed by atoms with van der Waals surface area (Å²) in [5, 5.41) is 11.9. The Morgan fingerprint density at radius 1 is 1.25 bits per heavy atom. The molecule has 1 atom stereocenters. The minimum atomic E-state index is 0.0937. The summed E-state index contributed by atoms with van der Waals surface area (Å²) in [6, 6.07) is 10.4. The monoisotopic (exact) mass is 275 g/mol. The van der Waals surface area contributed by atoms with Crippen LogP contribution in [0, 0.1) is 17.2 Å². The molecule has 1 aromatic carbocycles. The molecule has 0 spiro atoms. The highest BCUT2D eigenvalue weighted by molar-refractivity contribution is 5.27. The molecule has 0 aliphatic rings. The van der Waals surface area contributed by atoms with Crippen molar-refractivity contribution < 1.29 is 4.74 Å². The van der Waals surface area contributed by atoms with Crippen LogP contribution >= 0.6 is 0 Å². The zero-order valence-corrected chi connectivity index (χ0v) is 12.9. The maximum atomic E-state index is 8.45. The topological polar surface area (TPSA) is 48.3 Å². The van der Waals surface area contributed by atoms with E-state index in [-0.39, 0.29) is 6.61 Å². The lowest BCUT2D eigenvalue weighted by Crippen LogP contribution is -2.41. The average Bonchev–Trinajstić information content (AvgIpc) is 2.41. The molecule has 1 aromatic rings. The number of rotatable bonds is 8. The number of nitrogens with one attached hydrogen (secondary N) is 1. The summed E-state index contributed by atoms with van der Waals surface area (Å²) in [5.74, 6) is 1.36. The predicted molar refractivity (Wildman–Crippen MR) is 81.6 cm³/mol. The van der Waals surface area contributed by atoms with Gasteiger partial charge in [0.25, 0.3) is 0 Å². The van der Waals surface area contributed by atoms with Gasteiger partial charge in [-0.15, -0.1) is 0 Å². The van der Waals surface area contributed by atoms with E-state index in [0.717, 1.165) is 18.8 Å². The fourth-order valence-electron chi connectivity index (χ4n) is 2.20. The van der Waals surface area contributed by atoms with Gasteiger partial charge in [-0.2, -0.15) is 5.26 Å². The van der Waals surface area contributed by atoms with Crippen molar-refractivity contribution >= 4 is 0 Å². The standard InChI is InChI=1S/C16H25N3O/c1-13(2)16(19(3)4)12-18-11-14-5-7-15(8-6-14)20-10-9-17/h5-8,13,16,18H,10-12H2,1-4H3. The van der Waals surface area contributed by atoms with E-state index in [4.69, 9.17) is 10.00 Å². The van der Waals surface area contributed by atoms with E-state index < -0.39 is 0 Å². The first-order chi connectivity index (χ1) is 9.54. The Bertz CT molecular complexity index is 412. The van der Waals surface area contributed by atoms with Gasteiger partial charge in [0.05, 0.1) is 0 Å². The minimum absolute atomic E-state index is 0.0937. The zero-order valence-electron chi connectivity index (χ0n) is 12.9. The zero-order chi connectivity index (χ0) is 15.0. The largest absolute Gasteiger partial charge is 0.479 e. The Labute approximate surface area is 122 Å². The molecule has 0 aliphatic carbocycles.